The van der Waals surface area contributed by atoms with Crippen LogP contribution in [0.4, 0.5) is 0 Å². The van der Waals surface area contributed by atoms with Crippen LogP contribution in [0.25, 0.3) is 0 Å². The van der Waals surface area contributed by atoms with Crippen molar-refractivity contribution in [1.29, 1.82) is 0 Å². The Bertz CT molecular complexity index is 312. The molecule has 0 saturated carbocycles. The summed E-state index contributed by atoms with van der Waals surface area (Å²) in [7, 11) is 0. The molecule has 0 unspecified atom stereocenters. The number of hydrogen-bond donors (Lipinski definition) is 1. The molecule has 3 heteroatoms. The molecule has 13 heavy (non-hydrogen) atoms. The topological polar surface area (TPSA) is 26.0 Å². The molecule has 1 aromatic rings. The molecule has 0 aliphatic carbocycles. The first-order valence-electron chi connectivity index (χ1n) is 3.96. The second-order valence-electron chi connectivity index (χ2n) is 2.80. The Hall–Kier alpha value is 0.130. The lowest BCUT2D eigenvalue weighted by Gasteiger charge is -2.10. The van der Waals surface area contributed by atoms with Crippen molar-refractivity contribution in [2.75, 3.05) is 0 Å². The number of hydrogen-bond acceptors (Lipinski definition) is 1. The van der Waals surface area contributed by atoms with E-state index in [9.17, 15) is 0 Å². The minimum Gasteiger partial charge on any atom is -0.324 e. The van der Waals surface area contributed by atoms with E-state index in [1.165, 1.54) is 3.57 Å². The molecule has 0 spiro atoms. The van der Waals surface area contributed by atoms with Crippen LogP contribution in [0.15, 0.2) is 35.3 Å². The Morgan fingerprint density at radius 1 is 1.62 bits per heavy atom. The molecule has 0 aromatic heterocycles. The van der Waals surface area contributed by atoms with Crippen molar-refractivity contribution in [2.24, 2.45) is 5.73 Å². The lowest BCUT2D eigenvalue weighted by Crippen LogP contribution is -2.08. The lowest BCUT2D eigenvalue weighted by atomic mass is 10.1. The summed E-state index contributed by atoms with van der Waals surface area (Å²) in [6.45, 7) is 3.68. The van der Waals surface area contributed by atoms with E-state index >= 15 is 0 Å². The van der Waals surface area contributed by atoms with Crippen molar-refractivity contribution in [2.45, 2.75) is 12.5 Å². The fraction of sp³-hybridized carbons (Fsp3) is 0.200. The van der Waals surface area contributed by atoms with Gasteiger partial charge in [0.2, 0.25) is 0 Å². The molecular weight excluding hydrogens is 341 g/mol. The summed E-state index contributed by atoms with van der Waals surface area (Å²) in [5, 5.41) is 0. The monoisotopic (exact) mass is 351 g/mol. The third-order valence-corrected chi connectivity index (χ3v) is 4.12. The largest absolute Gasteiger partial charge is 0.324 e. The molecule has 1 aromatic carbocycles. The Balaban J connectivity index is 2.89. The zero-order valence-corrected chi connectivity index (χ0v) is 10.9. The van der Waals surface area contributed by atoms with E-state index in [0.29, 0.717) is 0 Å². The fourth-order valence-corrected chi connectivity index (χ4v) is 1.84. The van der Waals surface area contributed by atoms with E-state index in [-0.39, 0.29) is 6.04 Å². The molecule has 0 aliphatic rings. The van der Waals surface area contributed by atoms with Crippen molar-refractivity contribution in [1.82, 2.24) is 0 Å². The molecule has 0 fully saturated rings. The third kappa shape index (κ3) is 3.07. The third-order valence-electron chi connectivity index (χ3n) is 1.79. The summed E-state index contributed by atoms with van der Waals surface area (Å²) in [6, 6.07) is 6.23. The van der Waals surface area contributed by atoms with Crippen molar-refractivity contribution < 1.29 is 0 Å². The van der Waals surface area contributed by atoms with Crippen LogP contribution in [0.3, 0.4) is 0 Å². The number of rotatable bonds is 3. The molecule has 0 saturated heterocycles. The van der Waals surface area contributed by atoms with Gasteiger partial charge in [0.1, 0.15) is 0 Å². The zero-order chi connectivity index (χ0) is 9.84. The fourth-order valence-electron chi connectivity index (χ4n) is 1.06. The van der Waals surface area contributed by atoms with Crippen molar-refractivity contribution >= 4 is 38.5 Å². The number of benzene rings is 1. The van der Waals surface area contributed by atoms with Crippen LogP contribution >= 0.6 is 38.5 Å². The van der Waals surface area contributed by atoms with E-state index in [4.69, 9.17) is 5.73 Å². The molecule has 0 aliphatic heterocycles. The molecule has 0 heterocycles. The maximum Gasteiger partial charge on any atom is 0.0330 e. The van der Waals surface area contributed by atoms with Crippen LogP contribution < -0.4 is 5.73 Å². The molecule has 1 atom stereocenters. The smallest absolute Gasteiger partial charge is 0.0330 e. The first kappa shape index (κ1) is 11.2. The Morgan fingerprint density at radius 2 is 2.31 bits per heavy atom. The van der Waals surface area contributed by atoms with Gasteiger partial charge >= 0.3 is 0 Å². The number of halogens is 2. The molecular formula is C10H11BrIN. The van der Waals surface area contributed by atoms with E-state index < -0.39 is 0 Å². The average molecular weight is 352 g/mol. The van der Waals surface area contributed by atoms with Gasteiger partial charge in [0.25, 0.3) is 0 Å². The second kappa shape index (κ2) is 5.12. The van der Waals surface area contributed by atoms with Crippen LogP contribution in [0.1, 0.15) is 18.0 Å². The van der Waals surface area contributed by atoms with Gasteiger partial charge in [-0.1, -0.05) is 12.1 Å². The van der Waals surface area contributed by atoms with Crippen molar-refractivity contribution in [3.63, 3.8) is 0 Å². The maximum atomic E-state index is 5.93. The SMILES string of the molecule is C=CC[C@@H](N)c1ccc(Br)c(I)c1. The van der Waals surface area contributed by atoms with Gasteiger partial charge in [-0.05, 0) is 62.6 Å². The summed E-state index contributed by atoms with van der Waals surface area (Å²) in [5.41, 5.74) is 7.09. The standard InChI is InChI=1S/C10H11BrIN/c1-2-3-10(13)7-4-5-8(11)9(12)6-7/h2,4-6,10H,1,3,13H2/t10-/m1/s1. The van der Waals surface area contributed by atoms with Gasteiger partial charge in [-0.3, -0.25) is 0 Å². The van der Waals surface area contributed by atoms with E-state index in [2.05, 4.69) is 51.2 Å². The highest BCUT2D eigenvalue weighted by Crippen LogP contribution is 2.23. The van der Waals surface area contributed by atoms with Crippen LogP contribution in [-0.2, 0) is 0 Å². The van der Waals surface area contributed by atoms with Gasteiger partial charge in [0.15, 0.2) is 0 Å². The summed E-state index contributed by atoms with van der Waals surface area (Å²) >= 11 is 5.73. The summed E-state index contributed by atoms with van der Waals surface area (Å²) < 4.78 is 2.30. The minimum absolute atomic E-state index is 0.0686. The van der Waals surface area contributed by atoms with E-state index in [0.717, 1.165) is 16.5 Å². The highest BCUT2D eigenvalue weighted by molar-refractivity contribution is 14.1. The van der Waals surface area contributed by atoms with E-state index in [1.54, 1.807) is 0 Å². The van der Waals surface area contributed by atoms with Crippen LogP contribution in [0.5, 0.6) is 0 Å². The molecule has 0 amide bonds. The molecule has 1 rings (SSSR count). The quantitative estimate of drug-likeness (QED) is 0.653. The first-order valence-corrected chi connectivity index (χ1v) is 5.83. The number of nitrogens with two attached hydrogens (primary N) is 1. The molecule has 0 radical (unpaired) electrons. The first-order chi connectivity index (χ1) is 6.15. The van der Waals surface area contributed by atoms with E-state index in [1.807, 2.05) is 18.2 Å². The summed E-state index contributed by atoms with van der Waals surface area (Å²) in [6.07, 6.45) is 2.66. The van der Waals surface area contributed by atoms with Crippen LogP contribution in [-0.4, -0.2) is 0 Å². The highest BCUT2D eigenvalue weighted by Gasteiger charge is 2.05. The second-order valence-corrected chi connectivity index (χ2v) is 4.82. The van der Waals surface area contributed by atoms with Crippen molar-refractivity contribution in [3.05, 3.63) is 44.5 Å². The van der Waals surface area contributed by atoms with Gasteiger partial charge in [0, 0.05) is 14.1 Å². The van der Waals surface area contributed by atoms with Gasteiger partial charge in [-0.2, -0.15) is 0 Å². The lowest BCUT2D eigenvalue weighted by molar-refractivity contribution is 0.741. The van der Waals surface area contributed by atoms with Gasteiger partial charge in [-0.15, -0.1) is 6.58 Å². The molecule has 1 nitrogen and oxygen atoms in total. The van der Waals surface area contributed by atoms with Gasteiger partial charge < -0.3 is 5.73 Å². The maximum absolute atomic E-state index is 5.93. The molecule has 70 valence electrons. The minimum atomic E-state index is 0.0686. The zero-order valence-electron chi connectivity index (χ0n) is 7.13. The summed E-state index contributed by atoms with van der Waals surface area (Å²) in [4.78, 5) is 0. The van der Waals surface area contributed by atoms with Crippen molar-refractivity contribution in [3.8, 4) is 0 Å². The van der Waals surface area contributed by atoms with Gasteiger partial charge in [-0.25, -0.2) is 0 Å². The Kier molecular flexibility index (Phi) is 4.41. The average Bonchev–Trinajstić information content (AvgIpc) is 2.10. The predicted octanol–water partition coefficient (Wildman–Crippen LogP) is 3.63. The molecule has 0 bridgehead atoms. The normalized spacial score (nSPS) is 12.5. The Morgan fingerprint density at radius 3 is 2.85 bits per heavy atom. The summed E-state index contributed by atoms with van der Waals surface area (Å²) in [5.74, 6) is 0. The highest BCUT2D eigenvalue weighted by atomic mass is 127. The van der Waals surface area contributed by atoms with Crippen LogP contribution in [0.2, 0.25) is 0 Å². The Labute approximate surface area is 101 Å². The van der Waals surface area contributed by atoms with Gasteiger partial charge in [0.05, 0.1) is 0 Å². The van der Waals surface area contributed by atoms with Crippen LogP contribution in [0, 0.1) is 3.57 Å². The predicted molar refractivity (Wildman–Crippen MR) is 68.6 cm³/mol. The molecule has 2 N–H and O–H groups in total.